The van der Waals surface area contributed by atoms with Crippen LogP contribution in [0.5, 0.6) is 0 Å². The fourth-order valence-electron chi connectivity index (χ4n) is 1.74. The van der Waals surface area contributed by atoms with Crippen LogP contribution in [0.2, 0.25) is 0 Å². The second kappa shape index (κ2) is 4.77. The first kappa shape index (κ1) is 12.6. The first-order valence-electron chi connectivity index (χ1n) is 5.83. The van der Waals surface area contributed by atoms with Gasteiger partial charge in [0.25, 0.3) is 0 Å². The number of benzene rings is 1. The Morgan fingerprint density at radius 3 is 2.76 bits per heavy atom. The lowest BCUT2D eigenvalue weighted by atomic mass is 10.1. The summed E-state index contributed by atoms with van der Waals surface area (Å²) in [5.74, 6) is 0. The molecule has 0 aliphatic carbocycles. The molecule has 92 valence electrons. The Balaban J connectivity index is 2.19. The minimum absolute atomic E-state index is 0.0587. The zero-order valence-corrected chi connectivity index (χ0v) is 11.4. The summed E-state index contributed by atoms with van der Waals surface area (Å²) < 4.78 is 7.03. The minimum Gasteiger partial charge on any atom is -0.374 e. The topological polar surface area (TPSA) is 35.2 Å². The molecule has 0 radical (unpaired) electrons. The van der Waals surface area contributed by atoms with Gasteiger partial charge >= 0.3 is 0 Å². The zero-order chi connectivity index (χ0) is 12.5. The Hall–Kier alpha value is -0.900. The smallest absolute Gasteiger partial charge is 0.0667 e. The van der Waals surface area contributed by atoms with Crippen LogP contribution in [0.1, 0.15) is 32.4 Å². The molecule has 1 unspecified atom stereocenters. The maximum Gasteiger partial charge on any atom is 0.0667 e. The van der Waals surface area contributed by atoms with Gasteiger partial charge in [0, 0.05) is 4.70 Å². The van der Waals surface area contributed by atoms with E-state index in [1.165, 1.54) is 15.6 Å². The molecule has 17 heavy (non-hydrogen) atoms. The summed E-state index contributed by atoms with van der Waals surface area (Å²) in [5, 5.41) is 3.37. The van der Waals surface area contributed by atoms with Crippen molar-refractivity contribution in [2.75, 3.05) is 6.61 Å². The quantitative estimate of drug-likeness (QED) is 0.900. The Labute approximate surface area is 106 Å². The molecule has 1 aromatic carbocycles. The van der Waals surface area contributed by atoms with E-state index in [9.17, 15) is 0 Å². The van der Waals surface area contributed by atoms with Crippen LogP contribution < -0.4 is 5.73 Å². The van der Waals surface area contributed by atoms with Gasteiger partial charge in [0.2, 0.25) is 0 Å². The molecule has 0 saturated heterocycles. The van der Waals surface area contributed by atoms with Crippen molar-refractivity contribution in [3.05, 3.63) is 35.2 Å². The summed E-state index contributed by atoms with van der Waals surface area (Å²) in [4.78, 5) is 0. The number of rotatable bonds is 3. The number of hydrogen-bond acceptors (Lipinski definition) is 3. The number of ether oxygens (including phenoxy) is 1. The first-order valence-corrected chi connectivity index (χ1v) is 6.71. The van der Waals surface area contributed by atoms with Crippen molar-refractivity contribution in [2.24, 2.45) is 5.73 Å². The van der Waals surface area contributed by atoms with Gasteiger partial charge in [-0.15, -0.1) is 11.3 Å². The third-order valence-corrected chi connectivity index (χ3v) is 3.58. The van der Waals surface area contributed by atoms with Crippen LogP contribution in [-0.4, -0.2) is 12.2 Å². The highest BCUT2D eigenvalue weighted by molar-refractivity contribution is 7.17. The van der Waals surface area contributed by atoms with Gasteiger partial charge in [-0.25, -0.2) is 0 Å². The molecule has 2 rings (SSSR count). The average molecular weight is 249 g/mol. The van der Waals surface area contributed by atoms with E-state index in [1.54, 1.807) is 11.3 Å². The molecule has 2 aromatic rings. The molecule has 1 heterocycles. The predicted octanol–water partition coefficient (Wildman–Crippen LogP) is 3.72. The van der Waals surface area contributed by atoms with Gasteiger partial charge in [-0.1, -0.05) is 18.2 Å². The van der Waals surface area contributed by atoms with Crippen molar-refractivity contribution >= 4 is 21.4 Å². The predicted molar refractivity (Wildman–Crippen MR) is 74.5 cm³/mol. The van der Waals surface area contributed by atoms with Crippen molar-refractivity contribution in [3.8, 4) is 0 Å². The Morgan fingerprint density at radius 2 is 2.06 bits per heavy atom. The van der Waals surface area contributed by atoms with Gasteiger partial charge in [-0.05, 0) is 43.2 Å². The lowest BCUT2D eigenvalue weighted by Crippen LogP contribution is -2.26. The molecular weight excluding hydrogens is 230 g/mol. The standard InChI is InChI=1S/C14H19NOS/c1-14(2,3)16-9-12(15)11-6-4-5-10-7-8-17-13(10)11/h4-8,12H,9,15H2,1-3H3. The normalized spacial score (nSPS) is 14.1. The van der Waals surface area contributed by atoms with Crippen molar-refractivity contribution in [2.45, 2.75) is 32.4 Å². The second-order valence-electron chi connectivity index (χ2n) is 5.22. The second-order valence-corrected chi connectivity index (χ2v) is 6.13. The molecule has 0 amide bonds. The molecule has 0 bridgehead atoms. The highest BCUT2D eigenvalue weighted by Crippen LogP contribution is 2.28. The van der Waals surface area contributed by atoms with Crippen molar-refractivity contribution in [3.63, 3.8) is 0 Å². The Morgan fingerprint density at radius 1 is 1.29 bits per heavy atom. The Bertz CT molecular complexity index is 498. The van der Waals surface area contributed by atoms with Crippen LogP contribution in [0, 0.1) is 0 Å². The third kappa shape index (κ3) is 3.06. The summed E-state index contributed by atoms with van der Waals surface area (Å²) >= 11 is 1.74. The van der Waals surface area contributed by atoms with Gasteiger partial charge in [-0.2, -0.15) is 0 Å². The largest absolute Gasteiger partial charge is 0.374 e. The summed E-state index contributed by atoms with van der Waals surface area (Å²) in [6, 6.07) is 8.33. The average Bonchev–Trinajstić information content (AvgIpc) is 2.72. The van der Waals surface area contributed by atoms with Gasteiger partial charge in [-0.3, -0.25) is 0 Å². The molecule has 0 fully saturated rings. The van der Waals surface area contributed by atoms with Crippen LogP contribution in [-0.2, 0) is 4.74 Å². The Kier molecular flexibility index (Phi) is 3.52. The van der Waals surface area contributed by atoms with Gasteiger partial charge in [0.05, 0.1) is 18.2 Å². The maximum absolute atomic E-state index is 6.21. The first-order chi connectivity index (χ1) is 7.97. The highest BCUT2D eigenvalue weighted by Gasteiger charge is 2.15. The molecule has 0 aliphatic rings. The van der Waals surface area contributed by atoms with Crippen LogP contribution in [0.4, 0.5) is 0 Å². The van der Waals surface area contributed by atoms with Crippen molar-refractivity contribution in [1.82, 2.24) is 0 Å². The van der Waals surface area contributed by atoms with E-state index in [-0.39, 0.29) is 11.6 Å². The molecule has 2 nitrogen and oxygen atoms in total. The summed E-state index contributed by atoms with van der Waals surface area (Å²) in [5.41, 5.74) is 7.25. The van der Waals surface area contributed by atoms with E-state index in [0.29, 0.717) is 6.61 Å². The summed E-state index contributed by atoms with van der Waals surface area (Å²) in [6.45, 7) is 6.70. The molecule has 3 heteroatoms. The SMILES string of the molecule is CC(C)(C)OCC(N)c1cccc2ccsc12. The summed E-state index contributed by atoms with van der Waals surface area (Å²) in [7, 11) is 0. The van der Waals surface area contributed by atoms with E-state index in [4.69, 9.17) is 10.5 Å². The van der Waals surface area contributed by atoms with Crippen LogP contribution in [0.3, 0.4) is 0 Å². The van der Waals surface area contributed by atoms with Crippen LogP contribution >= 0.6 is 11.3 Å². The van der Waals surface area contributed by atoms with E-state index < -0.39 is 0 Å². The number of nitrogens with two attached hydrogens (primary N) is 1. The molecule has 1 aromatic heterocycles. The van der Waals surface area contributed by atoms with Gasteiger partial charge in [0.1, 0.15) is 0 Å². The lowest BCUT2D eigenvalue weighted by Gasteiger charge is -2.22. The summed E-state index contributed by atoms with van der Waals surface area (Å²) in [6.07, 6.45) is 0. The van der Waals surface area contributed by atoms with E-state index in [2.05, 4.69) is 29.6 Å². The van der Waals surface area contributed by atoms with E-state index in [0.717, 1.165) is 0 Å². The minimum atomic E-state index is -0.138. The van der Waals surface area contributed by atoms with Gasteiger partial charge in [0.15, 0.2) is 0 Å². The third-order valence-electron chi connectivity index (χ3n) is 2.60. The lowest BCUT2D eigenvalue weighted by molar-refractivity contribution is -0.0100. The van der Waals surface area contributed by atoms with Crippen LogP contribution in [0.25, 0.3) is 10.1 Å². The number of thiophene rings is 1. The molecule has 2 N–H and O–H groups in total. The van der Waals surface area contributed by atoms with E-state index in [1.807, 2.05) is 20.8 Å². The fourth-order valence-corrected chi connectivity index (χ4v) is 2.72. The molecule has 0 saturated carbocycles. The van der Waals surface area contributed by atoms with Crippen LogP contribution in [0.15, 0.2) is 29.6 Å². The zero-order valence-electron chi connectivity index (χ0n) is 10.6. The molecule has 0 aliphatic heterocycles. The monoisotopic (exact) mass is 249 g/mol. The number of fused-ring (bicyclic) bond motifs is 1. The highest BCUT2D eigenvalue weighted by atomic mass is 32.1. The van der Waals surface area contributed by atoms with Gasteiger partial charge < -0.3 is 10.5 Å². The molecular formula is C14H19NOS. The molecule has 1 atom stereocenters. The fraction of sp³-hybridized carbons (Fsp3) is 0.429. The van der Waals surface area contributed by atoms with Crippen molar-refractivity contribution in [1.29, 1.82) is 0 Å². The van der Waals surface area contributed by atoms with Crippen molar-refractivity contribution < 1.29 is 4.74 Å². The number of hydrogen-bond donors (Lipinski definition) is 1. The van der Waals surface area contributed by atoms with E-state index >= 15 is 0 Å². The molecule has 0 spiro atoms. The maximum atomic E-state index is 6.21.